The molecule has 6 atom stereocenters. The minimum Gasteiger partial charge on any atom is -0.455 e. The number of carbonyl (C=O) groups excluding carboxylic acids is 4. The van der Waals surface area contributed by atoms with Gasteiger partial charge in [0.15, 0.2) is 24.6 Å². The van der Waals surface area contributed by atoms with Crippen LogP contribution < -0.4 is 0 Å². The molecule has 0 amide bonds. The van der Waals surface area contributed by atoms with E-state index < -0.39 is 61.1 Å². The molecule has 10 heteroatoms. The van der Waals surface area contributed by atoms with Gasteiger partial charge in [-0.1, -0.05) is 42.5 Å². The first-order valence-electron chi connectivity index (χ1n) is 12.9. The van der Waals surface area contributed by atoms with Gasteiger partial charge in [-0.3, -0.25) is 14.4 Å². The van der Waals surface area contributed by atoms with Gasteiger partial charge in [-0.25, -0.2) is 0 Å². The van der Waals surface area contributed by atoms with E-state index in [1.165, 1.54) is 14.0 Å². The van der Waals surface area contributed by atoms with E-state index in [0.717, 1.165) is 5.56 Å². The summed E-state index contributed by atoms with van der Waals surface area (Å²) >= 11 is 0. The summed E-state index contributed by atoms with van der Waals surface area (Å²) in [6.07, 6.45) is -2.58. The lowest BCUT2D eigenvalue weighted by molar-refractivity contribution is -0.303. The first kappa shape index (κ1) is 31.9. The number of aliphatic hydroxyl groups excluding tert-OH is 1. The molecule has 1 saturated heterocycles. The van der Waals surface area contributed by atoms with Gasteiger partial charge < -0.3 is 33.6 Å². The van der Waals surface area contributed by atoms with Crippen molar-refractivity contribution < 1.29 is 48.0 Å². The number of hydrogen-bond donors (Lipinski definition) is 1. The molecular weight excluding hydrogens is 508 g/mol. The van der Waals surface area contributed by atoms with Gasteiger partial charge in [0.05, 0.1) is 18.9 Å². The number of methoxy groups -OCH3 is 1. The first-order chi connectivity index (χ1) is 18.7. The van der Waals surface area contributed by atoms with Crippen molar-refractivity contribution in [3.63, 3.8) is 0 Å². The molecule has 39 heavy (non-hydrogen) atoms. The average Bonchev–Trinajstić information content (AvgIpc) is 2.92. The number of ether oxygens (including phenoxy) is 5. The summed E-state index contributed by atoms with van der Waals surface area (Å²) in [6.45, 7) is 8.06. The smallest absolute Gasteiger partial charge is 0.310 e. The largest absolute Gasteiger partial charge is 0.455 e. The molecule has 0 aromatic heterocycles. The van der Waals surface area contributed by atoms with E-state index in [9.17, 15) is 24.3 Å². The molecule has 1 aliphatic rings. The number of aliphatic hydroxyl groups is 1. The lowest BCUT2D eigenvalue weighted by Crippen LogP contribution is -2.63. The number of esters is 3. The van der Waals surface area contributed by atoms with Crippen LogP contribution in [-0.4, -0.2) is 73.2 Å². The zero-order valence-corrected chi connectivity index (χ0v) is 22.5. The molecule has 0 bridgehead atoms. The Morgan fingerprint density at radius 3 is 2.21 bits per heavy atom. The van der Waals surface area contributed by atoms with Crippen LogP contribution in [0.5, 0.6) is 0 Å². The summed E-state index contributed by atoms with van der Waals surface area (Å²) in [4.78, 5) is 50.0. The zero-order valence-electron chi connectivity index (χ0n) is 22.5. The molecule has 0 aliphatic carbocycles. The fourth-order valence-electron chi connectivity index (χ4n) is 4.13. The van der Waals surface area contributed by atoms with Crippen LogP contribution in [0.4, 0.5) is 0 Å². The van der Waals surface area contributed by atoms with E-state index in [2.05, 4.69) is 13.2 Å². The minimum atomic E-state index is -1.36. The van der Waals surface area contributed by atoms with Crippen LogP contribution in [0.25, 0.3) is 0 Å². The summed E-state index contributed by atoms with van der Waals surface area (Å²) in [7, 11) is 1.29. The van der Waals surface area contributed by atoms with Crippen molar-refractivity contribution in [3.8, 4) is 0 Å². The Bertz CT molecular complexity index is 976. The second kappa shape index (κ2) is 16.6. The maximum atomic E-state index is 13.4. The topological polar surface area (TPSA) is 135 Å². The van der Waals surface area contributed by atoms with Crippen LogP contribution in [0.3, 0.4) is 0 Å². The minimum absolute atomic E-state index is 0.0267. The number of allylic oxidation sites excluding steroid dienone is 2. The molecule has 0 unspecified atom stereocenters. The number of hydrogen-bond acceptors (Lipinski definition) is 10. The molecular formula is C29H38O10. The van der Waals surface area contributed by atoms with Crippen molar-refractivity contribution in [1.29, 1.82) is 0 Å². The summed E-state index contributed by atoms with van der Waals surface area (Å²) < 4.78 is 28.1. The number of rotatable bonds is 16. The van der Waals surface area contributed by atoms with Crippen LogP contribution in [0.15, 0.2) is 55.6 Å². The highest BCUT2D eigenvalue weighted by molar-refractivity contribution is 5.81. The van der Waals surface area contributed by atoms with Crippen LogP contribution in [0, 0.1) is 5.92 Å². The summed E-state index contributed by atoms with van der Waals surface area (Å²) in [5.74, 6) is -2.88. The average molecular weight is 547 g/mol. The van der Waals surface area contributed by atoms with Crippen molar-refractivity contribution in [2.75, 3.05) is 13.7 Å². The fourth-order valence-corrected chi connectivity index (χ4v) is 4.13. The molecule has 1 aromatic carbocycles. The highest BCUT2D eigenvalue weighted by atomic mass is 16.7. The molecule has 214 valence electrons. The van der Waals surface area contributed by atoms with Gasteiger partial charge >= 0.3 is 17.9 Å². The van der Waals surface area contributed by atoms with E-state index in [1.807, 2.05) is 30.3 Å². The summed E-state index contributed by atoms with van der Waals surface area (Å²) in [5, 5.41) is 10.1. The Labute approximate surface area is 228 Å². The van der Waals surface area contributed by atoms with E-state index in [-0.39, 0.29) is 25.0 Å². The zero-order chi connectivity index (χ0) is 28.8. The van der Waals surface area contributed by atoms with Gasteiger partial charge in [0, 0.05) is 20.0 Å². The molecule has 0 spiro atoms. The van der Waals surface area contributed by atoms with Crippen LogP contribution in [-0.2, 0) is 49.3 Å². The van der Waals surface area contributed by atoms with Crippen LogP contribution in [0.1, 0.15) is 44.6 Å². The highest BCUT2D eigenvalue weighted by Crippen LogP contribution is 2.31. The Morgan fingerprint density at radius 2 is 1.62 bits per heavy atom. The van der Waals surface area contributed by atoms with Gasteiger partial charge in [-0.2, -0.15) is 0 Å². The van der Waals surface area contributed by atoms with Crippen LogP contribution in [0.2, 0.25) is 0 Å². The summed E-state index contributed by atoms with van der Waals surface area (Å²) in [6, 6.07) is 9.35. The number of Topliss-reactive ketones (excluding diaryl/α,β-unsaturated/α-hetero) is 1. The van der Waals surface area contributed by atoms with Crippen molar-refractivity contribution in [3.05, 3.63) is 61.2 Å². The second-order valence-electron chi connectivity index (χ2n) is 9.21. The molecule has 0 radical (unpaired) electrons. The third-order valence-corrected chi connectivity index (χ3v) is 6.13. The molecule has 10 nitrogen and oxygen atoms in total. The first-order valence-corrected chi connectivity index (χ1v) is 12.9. The molecule has 1 N–H and O–H groups in total. The fraction of sp³-hybridized carbons (Fsp3) is 0.517. The third kappa shape index (κ3) is 10.0. The lowest BCUT2D eigenvalue weighted by Gasteiger charge is -2.44. The van der Waals surface area contributed by atoms with Crippen molar-refractivity contribution in [2.45, 2.75) is 76.2 Å². The Hall–Kier alpha value is -3.34. The predicted octanol–water partition coefficient (Wildman–Crippen LogP) is 2.86. The van der Waals surface area contributed by atoms with E-state index in [1.54, 1.807) is 12.2 Å². The van der Waals surface area contributed by atoms with Gasteiger partial charge in [0.25, 0.3) is 0 Å². The van der Waals surface area contributed by atoms with Crippen molar-refractivity contribution in [1.82, 2.24) is 0 Å². The van der Waals surface area contributed by atoms with E-state index in [4.69, 9.17) is 23.7 Å². The monoisotopic (exact) mass is 546 g/mol. The Morgan fingerprint density at radius 1 is 0.949 bits per heavy atom. The predicted molar refractivity (Wildman–Crippen MR) is 140 cm³/mol. The second-order valence-corrected chi connectivity index (χ2v) is 9.21. The van der Waals surface area contributed by atoms with Gasteiger partial charge in [-0.05, 0) is 31.7 Å². The van der Waals surface area contributed by atoms with Gasteiger partial charge in [0.2, 0.25) is 0 Å². The highest BCUT2D eigenvalue weighted by Gasteiger charge is 2.52. The number of benzene rings is 1. The molecule has 0 saturated carbocycles. The molecule has 1 heterocycles. The lowest BCUT2D eigenvalue weighted by atomic mass is 9.95. The van der Waals surface area contributed by atoms with Gasteiger partial charge in [-0.15, -0.1) is 13.2 Å². The SMILES string of the molecule is C=CCCC(=O)O[C@@H]1[C@@H](OC(=O)CCC(C)=O)[C@@H](OC)O[C@H](CO)[C@H]1OC(=O)[C@@H](CC=C)Cc1ccccc1. The Kier molecular flexibility index (Phi) is 13.6. The Balaban J connectivity index is 2.37. The maximum absolute atomic E-state index is 13.4. The number of ketones is 1. The molecule has 1 aromatic rings. The maximum Gasteiger partial charge on any atom is 0.310 e. The van der Waals surface area contributed by atoms with Crippen molar-refractivity contribution in [2.24, 2.45) is 5.92 Å². The number of carbonyl (C=O) groups is 4. The van der Waals surface area contributed by atoms with E-state index in [0.29, 0.717) is 19.3 Å². The summed E-state index contributed by atoms with van der Waals surface area (Å²) in [5.41, 5.74) is 0.907. The normalized spacial score (nSPS) is 23.2. The van der Waals surface area contributed by atoms with E-state index >= 15 is 0 Å². The standard InChI is InChI=1S/C29H38O10/c1-5-7-14-23(32)37-26-25(39-28(34)21(11-6-2)17-20-12-9-8-10-13-20)22(18-30)36-29(35-4)27(26)38-24(33)16-15-19(3)31/h5-6,8-10,12-13,21-22,25-27,29-30H,1-2,7,11,14-18H2,3-4H3/t21-,22+,25+,26-,27+,29-/m0/s1. The quantitative estimate of drug-likeness (QED) is 0.187. The van der Waals surface area contributed by atoms with Gasteiger partial charge in [0.1, 0.15) is 11.9 Å². The van der Waals surface area contributed by atoms with Crippen LogP contribution >= 0.6 is 0 Å². The molecule has 1 aliphatic heterocycles. The molecule has 1 fully saturated rings. The molecule has 2 rings (SSSR count). The third-order valence-electron chi connectivity index (χ3n) is 6.13. The van der Waals surface area contributed by atoms with Crippen molar-refractivity contribution >= 4 is 23.7 Å².